The minimum atomic E-state index is -0.238. The highest BCUT2D eigenvalue weighted by Crippen LogP contribution is 2.21. The third kappa shape index (κ3) is 3.56. The van der Waals surface area contributed by atoms with Crippen molar-refractivity contribution < 1.29 is 4.42 Å². The topological polar surface area (TPSA) is 30.2 Å². The second-order valence-corrected chi connectivity index (χ2v) is 6.01. The normalized spacial score (nSPS) is 10.9. The Kier molecular flexibility index (Phi) is 4.41. The maximum Gasteiger partial charge on any atom is 0.350 e. The first-order valence-electron chi connectivity index (χ1n) is 7.02. The van der Waals surface area contributed by atoms with Crippen molar-refractivity contribution in [2.45, 2.75) is 17.7 Å². The lowest BCUT2D eigenvalue weighted by atomic mass is 10.1. The number of para-hydroxylation sites is 1. The molecule has 0 spiro atoms. The van der Waals surface area contributed by atoms with Gasteiger partial charge >= 0.3 is 5.63 Å². The van der Waals surface area contributed by atoms with Crippen LogP contribution in [0.25, 0.3) is 11.0 Å². The standard InChI is InChI=1S/C18H16O2S/c19-18-17(13-15-10-4-5-11-16(15)20-18)21-12-6-9-14-7-2-1-3-8-14/h1-5,7-8,10-11,13H,6,9,12H2. The molecule has 0 saturated heterocycles. The lowest BCUT2D eigenvalue weighted by Gasteiger charge is -2.03. The van der Waals surface area contributed by atoms with E-state index in [0.29, 0.717) is 10.5 Å². The summed E-state index contributed by atoms with van der Waals surface area (Å²) in [6.45, 7) is 0. The quantitative estimate of drug-likeness (QED) is 0.394. The van der Waals surface area contributed by atoms with Gasteiger partial charge in [0.1, 0.15) is 5.58 Å². The van der Waals surface area contributed by atoms with E-state index in [1.165, 1.54) is 5.56 Å². The van der Waals surface area contributed by atoms with E-state index in [1.54, 1.807) is 11.8 Å². The summed E-state index contributed by atoms with van der Waals surface area (Å²) >= 11 is 1.57. The summed E-state index contributed by atoms with van der Waals surface area (Å²) in [4.78, 5) is 12.6. The zero-order valence-electron chi connectivity index (χ0n) is 11.6. The number of thioether (sulfide) groups is 1. The molecule has 1 aromatic heterocycles. The van der Waals surface area contributed by atoms with Gasteiger partial charge < -0.3 is 4.42 Å². The zero-order chi connectivity index (χ0) is 14.5. The molecule has 0 fully saturated rings. The Labute approximate surface area is 127 Å². The van der Waals surface area contributed by atoms with Crippen molar-refractivity contribution in [2.75, 3.05) is 5.75 Å². The van der Waals surface area contributed by atoms with Crippen LogP contribution in [0, 0.1) is 0 Å². The molecule has 3 rings (SSSR count). The van der Waals surface area contributed by atoms with E-state index in [1.807, 2.05) is 36.4 Å². The molecular weight excluding hydrogens is 280 g/mol. The van der Waals surface area contributed by atoms with Crippen molar-refractivity contribution in [3.05, 3.63) is 76.6 Å². The fourth-order valence-corrected chi connectivity index (χ4v) is 3.13. The molecule has 2 nitrogen and oxygen atoms in total. The van der Waals surface area contributed by atoms with Gasteiger partial charge in [0.2, 0.25) is 0 Å². The van der Waals surface area contributed by atoms with Gasteiger partial charge in [-0.2, -0.15) is 0 Å². The minimum absolute atomic E-state index is 0.238. The average Bonchev–Trinajstić information content (AvgIpc) is 2.53. The third-order valence-corrected chi connectivity index (χ3v) is 4.41. The molecular formula is C18H16O2S. The Bertz CT molecular complexity index is 778. The average molecular weight is 296 g/mol. The van der Waals surface area contributed by atoms with Crippen LogP contribution < -0.4 is 5.63 Å². The van der Waals surface area contributed by atoms with E-state index in [2.05, 4.69) is 24.3 Å². The number of aryl methyl sites for hydroxylation is 1. The van der Waals surface area contributed by atoms with Crippen molar-refractivity contribution in [2.24, 2.45) is 0 Å². The lowest BCUT2D eigenvalue weighted by molar-refractivity contribution is 0.544. The number of rotatable bonds is 5. The Balaban J connectivity index is 1.63. The van der Waals surface area contributed by atoms with Crippen LogP contribution in [-0.4, -0.2) is 5.75 Å². The van der Waals surface area contributed by atoms with Gasteiger partial charge in [-0.15, -0.1) is 11.8 Å². The predicted molar refractivity (Wildman–Crippen MR) is 88.0 cm³/mol. The highest BCUT2D eigenvalue weighted by molar-refractivity contribution is 7.99. The van der Waals surface area contributed by atoms with Crippen LogP contribution >= 0.6 is 11.8 Å². The summed E-state index contributed by atoms with van der Waals surface area (Å²) in [5.41, 5.74) is 1.75. The van der Waals surface area contributed by atoms with Crippen LogP contribution in [0.3, 0.4) is 0 Å². The number of hydrogen-bond donors (Lipinski definition) is 0. The lowest BCUT2D eigenvalue weighted by Crippen LogP contribution is -2.02. The SMILES string of the molecule is O=c1oc2ccccc2cc1SCCCc1ccccc1. The molecule has 2 aromatic carbocycles. The van der Waals surface area contributed by atoms with Gasteiger partial charge in [0.25, 0.3) is 0 Å². The first-order chi connectivity index (χ1) is 10.3. The summed E-state index contributed by atoms with van der Waals surface area (Å²) in [5, 5.41) is 0.975. The minimum Gasteiger partial charge on any atom is -0.422 e. The van der Waals surface area contributed by atoms with Crippen molar-refractivity contribution in [1.29, 1.82) is 0 Å². The van der Waals surface area contributed by atoms with Gasteiger partial charge in [-0.3, -0.25) is 0 Å². The smallest absolute Gasteiger partial charge is 0.350 e. The van der Waals surface area contributed by atoms with E-state index in [4.69, 9.17) is 4.42 Å². The summed E-state index contributed by atoms with van der Waals surface area (Å²) in [5.74, 6) is 0.915. The zero-order valence-corrected chi connectivity index (χ0v) is 12.4. The molecule has 21 heavy (non-hydrogen) atoms. The van der Waals surface area contributed by atoms with Crippen molar-refractivity contribution in [3.63, 3.8) is 0 Å². The van der Waals surface area contributed by atoms with Crippen LogP contribution in [-0.2, 0) is 6.42 Å². The molecule has 0 aliphatic heterocycles. The predicted octanol–water partition coefficient (Wildman–Crippen LogP) is 4.52. The monoisotopic (exact) mass is 296 g/mol. The summed E-state index contributed by atoms with van der Waals surface area (Å²) in [6.07, 6.45) is 2.08. The number of hydrogen-bond acceptors (Lipinski definition) is 3. The van der Waals surface area contributed by atoms with Crippen LogP contribution in [0.15, 0.2) is 74.8 Å². The second kappa shape index (κ2) is 6.64. The highest BCUT2D eigenvalue weighted by Gasteiger charge is 2.05. The summed E-state index contributed by atoms with van der Waals surface area (Å²) in [7, 11) is 0. The molecule has 0 N–H and O–H groups in total. The Hall–Kier alpha value is -2.00. The van der Waals surface area contributed by atoms with Crippen LogP contribution in [0.5, 0.6) is 0 Å². The molecule has 3 heteroatoms. The maximum atomic E-state index is 11.9. The molecule has 0 bridgehead atoms. The molecule has 0 unspecified atom stereocenters. The molecule has 0 radical (unpaired) electrons. The first-order valence-corrected chi connectivity index (χ1v) is 8.01. The van der Waals surface area contributed by atoms with Crippen molar-refractivity contribution in [1.82, 2.24) is 0 Å². The molecule has 0 aliphatic carbocycles. The molecule has 0 saturated carbocycles. The van der Waals surface area contributed by atoms with Crippen molar-refractivity contribution >= 4 is 22.7 Å². The Morgan fingerprint density at radius 2 is 1.71 bits per heavy atom. The van der Waals surface area contributed by atoms with Crippen LogP contribution in [0.2, 0.25) is 0 Å². The van der Waals surface area contributed by atoms with Gasteiger partial charge in [0, 0.05) is 5.39 Å². The summed E-state index contributed by atoms with van der Waals surface area (Å²) < 4.78 is 5.33. The highest BCUT2D eigenvalue weighted by atomic mass is 32.2. The van der Waals surface area contributed by atoms with Gasteiger partial charge in [0.15, 0.2) is 0 Å². The van der Waals surface area contributed by atoms with Gasteiger partial charge in [0.05, 0.1) is 4.90 Å². The van der Waals surface area contributed by atoms with Crippen LogP contribution in [0.4, 0.5) is 0 Å². The van der Waals surface area contributed by atoms with E-state index < -0.39 is 0 Å². The second-order valence-electron chi connectivity index (χ2n) is 4.87. The third-order valence-electron chi connectivity index (χ3n) is 3.32. The molecule has 3 aromatic rings. The van der Waals surface area contributed by atoms with Gasteiger partial charge in [-0.05, 0) is 36.3 Å². The Morgan fingerprint density at radius 1 is 0.952 bits per heavy atom. The largest absolute Gasteiger partial charge is 0.422 e. The Morgan fingerprint density at radius 3 is 2.57 bits per heavy atom. The fourth-order valence-electron chi connectivity index (χ4n) is 2.25. The fraction of sp³-hybridized carbons (Fsp3) is 0.167. The molecule has 0 amide bonds. The van der Waals surface area contributed by atoms with Crippen molar-refractivity contribution in [3.8, 4) is 0 Å². The van der Waals surface area contributed by atoms with E-state index in [-0.39, 0.29) is 5.63 Å². The van der Waals surface area contributed by atoms with E-state index in [9.17, 15) is 4.79 Å². The van der Waals surface area contributed by atoms with Crippen LogP contribution in [0.1, 0.15) is 12.0 Å². The van der Waals surface area contributed by atoms with E-state index in [0.717, 1.165) is 24.0 Å². The molecule has 0 atom stereocenters. The summed E-state index contributed by atoms with van der Waals surface area (Å²) in [6, 6.07) is 19.9. The number of fused-ring (bicyclic) bond motifs is 1. The molecule has 0 aliphatic rings. The molecule has 1 heterocycles. The first kappa shape index (κ1) is 14.0. The maximum absolute atomic E-state index is 11.9. The van der Waals surface area contributed by atoms with Gasteiger partial charge in [-0.1, -0.05) is 48.5 Å². The number of benzene rings is 2. The van der Waals surface area contributed by atoms with E-state index >= 15 is 0 Å². The molecule has 106 valence electrons. The van der Waals surface area contributed by atoms with Gasteiger partial charge in [-0.25, -0.2) is 4.79 Å².